The maximum Gasteiger partial charge on any atom is 0.0404 e. The van der Waals surface area contributed by atoms with Gasteiger partial charge in [0.2, 0.25) is 0 Å². The van der Waals surface area contributed by atoms with Gasteiger partial charge in [0.15, 0.2) is 0 Å². The summed E-state index contributed by atoms with van der Waals surface area (Å²) in [5, 5.41) is 3.71. The van der Waals surface area contributed by atoms with Crippen LogP contribution in [0.25, 0.3) is 0 Å². The van der Waals surface area contributed by atoms with E-state index in [9.17, 15) is 0 Å². The highest BCUT2D eigenvalue weighted by molar-refractivity contribution is 5.03. The van der Waals surface area contributed by atoms with Crippen LogP contribution in [0.15, 0.2) is 24.4 Å². The molecular weight excluding hydrogens is 232 g/mol. The van der Waals surface area contributed by atoms with Gasteiger partial charge in [-0.15, -0.1) is 0 Å². The normalized spacial score (nSPS) is 12.8. The number of rotatable bonds is 10. The monoisotopic (exact) mass is 262 g/mol. The van der Waals surface area contributed by atoms with Crippen LogP contribution < -0.4 is 5.32 Å². The van der Waals surface area contributed by atoms with Crippen LogP contribution in [0.4, 0.5) is 0 Å². The Kier molecular flexibility index (Phi) is 8.48. The number of aromatic nitrogens is 1. The smallest absolute Gasteiger partial charge is 0.0404 e. The molecule has 0 aliphatic carbocycles. The predicted molar refractivity (Wildman–Crippen MR) is 83.3 cm³/mol. The molecule has 0 amide bonds. The number of hydrogen-bond donors (Lipinski definition) is 1. The van der Waals surface area contributed by atoms with Crippen molar-refractivity contribution in [2.45, 2.75) is 65.3 Å². The molecule has 19 heavy (non-hydrogen) atoms. The summed E-state index contributed by atoms with van der Waals surface area (Å²) in [5.41, 5.74) is 1.22. The van der Waals surface area contributed by atoms with Gasteiger partial charge in [0, 0.05) is 17.9 Å². The first-order chi connectivity index (χ1) is 9.30. The molecule has 1 rings (SSSR count). The van der Waals surface area contributed by atoms with Gasteiger partial charge in [-0.05, 0) is 50.3 Å². The lowest BCUT2D eigenvalue weighted by molar-refractivity contribution is 0.351. The zero-order valence-electron chi connectivity index (χ0n) is 12.9. The van der Waals surface area contributed by atoms with Crippen molar-refractivity contribution in [1.82, 2.24) is 10.3 Å². The van der Waals surface area contributed by atoms with Crippen molar-refractivity contribution >= 4 is 0 Å². The van der Waals surface area contributed by atoms with Crippen LogP contribution in [0.3, 0.4) is 0 Å². The highest BCUT2D eigenvalue weighted by Gasteiger charge is 2.13. The van der Waals surface area contributed by atoms with Crippen molar-refractivity contribution < 1.29 is 0 Å². The summed E-state index contributed by atoms with van der Waals surface area (Å²) >= 11 is 0. The van der Waals surface area contributed by atoms with Crippen LogP contribution in [0.2, 0.25) is 0 Å². The van der Waals surface area contributed by atoms with Gasteiger partial charge >= 0.3 is 0 Å². The largest absolute Gasteiger partial charge is 0.314 e. The maximum absolute atomic E-state index is 4.42. The molecule has 1 unspecified atom stereocenters. The van der Waals surface area contributed by atoms with E-state index in [2.05, 4.69) is 43.2 Å². The molecule has 0 aromatic carbocycles. The second-order valence-electron chi connectivity index (χ2n) is 5.43. The predicted octanol–water partition coefficient (Wildman–Crippen LogP) is 4.21. The van der Waals surface area contributed by atoms with Gasteiger partial charge in [-0.1, -0.05) is 39.7 Å². The van der Waals surface area contributed by atoms with Gasteiger partial charge in [0.05, 0.1) is 0 Å². The van der Waals surface area contributed by atoms with Gasteiger partial charge in [-0.3, -0.25) is 4.98 Å². The molecule has 0 spiro atoms. The van der Waals surface area contributed by atoms with Gasteiger partial charge in [0.1, 0.15) is 0 Å². The summed E-state index contributed by atoms with van der Waals surface area (Å²) in [6.45, 7) is 7.99. The summed E-state index contributed by atoms with van der Waals surface area (Å²) in [6, 6.07) is 6.85. The van der Waals surface area contributed by atoms with Crippen molar-refractivity contribution in [2.24, 2.45) is 5.92 Å². The van der Waals surface area contributed by atoms with Gasteiger partial charge in [-0.25, -0.2) is 0 Å². The molecule has 2 nitrogen and oxygen atoms in total. The molecule has 0 bridgehead atoms. The second-order valence-corrected chi connectivity index (χ2v) is 5.43. The van der Waals surface area contributed by atoms with E-state index < -0.39 is 0 Å². The number of hydrogen-bond acceptors (Lipinski definition) is 2. The van der Waals surface area contributed by atoms with Crippen LogP contribution in [0, 0.1) is 5.92 Å². The van der Waals surface area contributed by atoms with Crippen molar-refractivity contribution in [1.29, 1.82) is 0 Å². The summed E-state index contributed by atoms with van der Waals surface area (Å²) in [6.07, 6.45) is 9.29. The van der Waals surface area contributed by atoms with Crippen LogP contribution in [-0.2, 0) is 6.42 Å². The minimum Gasteiger partial charge on any atom is -0.314 e. The average Bonchev–Trinajstić information content (AvgIpc) is 2.47. The van der Waals surface area contributed by atoms with Gasteiger partial charge in [0.25, 0.3) is 0 Å². The van der Waals surface area contributed by atoms with E-state index in [1.807, 2.05) is 12.3 Å². The Morgan fingerprint density at radius 3 is 2.53 bits per heavy atom. The molecular formula is C17H30N2. The zero-order chi connectivity index (χ0) is 13.9. The fraction of sp³-hybridized carbons (Fsp3) is 0.706. The fourth-order valence-electron chi connectivity index (χ4n) is 2.54. The summed E-state index contributed by atoms with van der Waals surface area (Å²) in [4.78, 5) is 4.42. The number of nitrogens with one attached hydrogen (secondary N) is 1. The number of aryl methyl sites for hydroxylation is 1. The van der Waals surface area contributed by atoms with Crippen molar-refractivity contribution in [2.75, 3.05) is 6.54 Å². The Bertz CT molecular complexity index is 306. The summed E-state index contributed by atoms with van der Waals surface area (Å²) in [5.74, 6) is 0.859. The van der Waals surface area contributed by atoms with Gasteiger partial charge in [-0.2, -0.15) is 0 Å². The van der Waals surface area contributed by atoms with Crippen molar-refractivity contribution in [3.63, 3.8) is 0 Å². The van der Waals surface area contributed by atoms with E-state index >= 15 is 0 Å². The first-order valence-electron chi connectivity index (χ1n) is 7.93. The Morgan fingerprint density at radius 1 is 1.16 bits per heavy atom. The Balaban J connectivity index is 2.44. The third-order valence-corrected chi connectivity index (χ3v) is 3.93. The molecule has 0 saturated carbocycles. The molecule has 108 valence electrons. The number of nitrogens with zero attached hydrogens (tertiary/aromatic N) is 1. The van der Waals surface area contributed by atoms with Crippen LogP contribution >= 0.6 is 0 Å². The first kappa shape index (κ1) is 16.2. The Morgan fingerprint density at radius 2 is 1.95 bits per heavy atom. The first-order valence-corrected chi connectivity index (χ1v) is 7.93. The van der Waals surface area contributed by atoms with E-state index in [-0.39, 0.29) is 0 Å². The summed E-state index contributed by atoms with van der Waals surface area (Å²) in [7, 11) is 0. The van der Waals surface area contributed by atoms with E-state index in [4.69, 9.17) is 0 Å². The molecule has 2 heteroatoms. The minimum absolute atomic E-state index is 0.645. The minimum atomic E-state index is 0.645. The van der Waals surface area contributed by atoms with E-state index in [1.54, 1.807) is 0 Å². The molecule has 0 radical (unpaired) electrons. The summed E-state index contributed by atoms with van der Waals surface area (Å²) < 4.78 is 0. The van der Waals surface area contributed by atoms with E-state index in [0.29, 0.717) is 6.04 Å². The standard InChI is InChI=1S/C17H30N2/c1-4-12-18-17(14-15(5-2)6-3)11-10-16-9-7-8-13-19-16/h7-9,13,15,17-18H,4-6,10-12,14H2,1-3H3. The molecule has 0 aliphatic heterocycles. The van der Waals surface area contributed by atoms with Crippen LogP contribution in [0.1, 0.15) is 58.6 Å². The molecule has 0 aliphatic rings. The van der Waals surface area contributed by atoms with Crippen molar-refractivity contribution in [3.8, 4) is 0 Å². The third kappa shape index (κ3) is 6.72. The fourth-order valence-corrected chi connectivity index (χ4v) is 2.54. The second kappa shape index (κ2) is 9.96. The molecule has 1 heterocycles. The third-order valence-electron chi connectivity index (χ3n) is 3.93. The van der Waals surface area contributed by atoms with Crippen LogP contribution in [0.5, 0.6) is 0 Å². The zero-order valence-corrected chi connectivity index (χ0v) is 12.9. The lowest BCUT2D eigenvalue weighted by Gasteiger charge is -2.23. The van der Waals surface area contributed by atoms with Gasteiger partial charge < -0.3 is 5.32 Å². The maximum atomic E-state index is 4.42. The topological polar surface area (TPSA) is 24.9 Å². The Labute approximate surface area is 119 Å². The molecule has 0 saturated heterocycles. The van der Waals surface area contributed by atoms with Crippen molar-refractivity contribution in [3.05, 3.63) is 30.1 Å². The number of pyridine rings is 1. The molecule has 1 aromatic rings. The lowest BCUT2D eigenvalue weighted by Crippen LogP contribution is -2.32. The molecule has 0 fully saturated rings. The van der Waals surface area contributed by atoms with E-state index in [0.717, 1.165) is 18.9 Å². The highest BCUT2D eigenvalue weighted by Crippen LogP contribution is 2.17. The average molecular weight is 262 g/mol. The highest BCUT2D eigenvalue weighted by atomic mass is 14.9. The quantitative estimate of drug-likeness (QED) is 0.683. The molecule has 1 aromatic heterocycles. The molecule has 1 N–H and O–H groups in total. The Hall–Kier alpha value is -0.890. The molecule has 1 atom stereocenters. The van der Waals surface area contributed by atoms with Crippen LogP contribution in [-0.4, -0.2) is 17.6 Å². The van der Waals surface area contributed by atoms with E-state index in [1.165, 1.54) is 37.8 Å². The SMILES string of the molecule is CCCNC(CCc1ccccn1)CC(CC)CC. The lowest BCUT2D eigenvalue weighted by atomic mass is 9.92.